The van der Waals surface area contributed by atoms with Gasteiger partial charge in [-0.1, -0.05) is 5.16 Å². The lowest BCUT2D eigenvalue weighted by atomic mass is 9.88. The maximum atomic E-state index is 12.3. The Bertz CT molecular complexity index is 900. The number of aromatic nitrogens is 2. The molecule has 1 aromatic heterocycles. The molecule has 2 heterocycles. The van der Waals surface area contributed by atoms with Gasteiger partial charge in [0.15, 0.2) is 0 Å². The highest BCUT2D eigenvalue weighted by Gasteiger charge is 2.38. The topological polar surface area (TPSA) is 126 Å². The summed E-state index contributed by atoms with van der Waals surface area (Å²) in [4.78, 5) is 31.6. The zero-order chi connectivity index (χ0) is 20.6. The van der Waals surface area contributed by atoms with Gasteiger partial charge in [-0.25, -0.2) is 4.79 Å². The van der Waals surface area contributed by atoms with Crippen molar-refractivity contribution in [2.45, 2.75) is 58.8 Å². The zero-order valence-corrected chi connectivity index (χ0v) is 17.6. The summed E-state index contributed by atoms with van der Waals surface area (Å²) in [5.74, 6) is 0.607. The molecule has 0 saturated carbocycles. The number of fused-ring (bicyclic) bond motifs is 1. The Morgan fingerprint density at radius 2 is 2.10 bits per heavy atom. The number of amides is 2. The number of halogens is 1. The van der Waals surface area contributed by atoms with Crippen LogP contribution in [0.5, 0.6) is 0 Å². The molecule has 158 valence electrons. The molecule has 29 heavy (non-hydrogen) atoms. The molecular weight excluding hydrogens is 398 g/mol. The van der Waals surface area contributed by atoms with Gasteiger partial charge in [-0.05, 0) is 51.0 Å². The van der Waals surface area contributed by atoms with E-state index in [0.717, 1.165) is 5.56 Å². The van der Waals surface area contributed by atoms with Crippen LogP contribution in [0.25, 0.3) is 11.4 Å². The number of nitrogens with two attached hydrogens (primary N) is 1. The summed E-state index contributed by atoms with van der Waals surface area (Å²) in [6.45, 7) is 7.26. The number of carboxylic acid groups (broad SMARTS) is 1. The number of hydrogen-bond donors (Lipinski definition) is 2. The Labute approximate surface area is 175 Å². The smallest absolute Gasteiger partial charge is 0.408 e. The van der Waals surface area contributed by atoms with E-state index < -0.39 is 6.09 Å². The van der Waals surface area contributed by atoms with Crippen molar-refractivity contribution in [2.24, 2.45) is 5.73 Å². The Morgan fingerprint density at radius 1 is 1.41 bits per heavy atom. The molecule has 2 aromatic rings. The molecule has 0 unspecified atom stereocenters. The number of nitrogens with zero attached hydrogens (tertiary/aromatic N) is 4. The molecule has 0 radical (unpaired) electrons. The van der Waals surface area contributed by atoms with Gasteiger partial charge in [0.05, 0.1) is 12.6 Å². The number of carbonyl (C=O) groups is 2. The second-order valence-electron chi connectivity index (χ2n) is 7.26. The summed E-state index contributed by atoms with van der Waals surface area (Å²) in [6, 6.07) is 4.72. The van der Waals surface area contributed by atoms with Gasteiger partial charge in [-0.2, -0.15) is 4.98 Å². The minimum absolute atomic E-state index is 0. The van der Waals surface area contributed by atoms with Crippen molar-refractivity contribution >= 4 is 30.1 Å². The first-order valence-corrected chi connectivity index (χ1v) is 9.22. The number of rotatable bonds is 4. The van der Waals surface area contributed by atoms with E-state index >= 15 is 0 Å². The Balaban J connectivity index is 0.00000300. The third-order valence-electron chi connectivity index (χ3n) is 5.00. The van der Waals surface area contributed by atoms with Crippen LogP contribution >= 0.6 is 12.4 Å². The van der Waals surface area contributed by atoms with E-state index in [0.29, 0.717) is 29.4 Å². The maximum Gasteiger partial charge on any atom is 0.408 e. The third-order valence-corrected chi connectivity index (χ3v) is 5.00. The highest BCUT2D eigenvalue weighted by atomic mass is 35.5. The molecule has 2 amide bonds. The number of benzene rings is 1. The molecule has 2 atom stereocenters. The second kappa shape index (κ2) is 8.79. The monoisotopic (exact) mass is 423 g/mol. The van der Waals surface area contributed by atoms with Gasteiger partial charge < -0.3 is 20.3 Å². The molecular formula is C19H26ClN5O4. The quantitative estimate of drug-likeness (QED) is 0.773. The fourth-order valence-corrected chi connectivity index (χ4v) is 3.89. The van der Waals surface area contributed by atoms with Crippen molar-refractivity contribution in [3.63, 3.8) is 0 Å². The van der Waals surface area contributed by atoms with Gasteiger partial charge in [0.2, 0.25) is 17.6 Å². The van der Waals surface area contributed by atoms with Crippen molar-refractivity contribution in [3.8, 4) is 11.4 Å². The van der Waals surface area contributed by atoms with Gasteiger partial charge in [-0.15, -0.1) is 12.4 Å². The average molecular weight is 424 g/mol. The first-order valence-electron chi connectivity index (χ1n) is 9.22. The average Bonchev–Trinajstić information content (AvgIpc) is 3.09. The minimum Gasteiger partial charge on any atom is -0.465 e. The standard InChI is InChI=1S/C19H25N5O4.ClH/c1-10(2)23(19(26)27)16-7-11(3)24(12(4)25)15-6-5-13(8-14(15)16)18-21-17(9-20)28-22-18;/h5-6,8,10-11,16H,7,9,20H2,1-4H3,(H,26,27);1H/t11-,16+;/m0./s1. The van der Waals surface area contributed by atoms with E-state index in [1.165, 1.54) is 11.8 Å². The molecule has 3 rings (SSSR count). The Kier molecular flexibility index (Phi) is 6.86. The first kappa shape index (κ1) is 22.6. The van der Waals surface area contributed by atoms with Gasteiger partial charge in [0, 0.05) is 30.3 Å². The van der Waals surface area contributed by atoms with Gasteiger partial charge in [0.1, 0.15) is 0 Å². The summed E-state index contributed by atoms with van der Waals surface area (Å²) in [7, 11) is 0. The van der Waals surface area contributed by atoms with Crippen molar-refractivity contribution in [2.75, 3.05) is 4.90 Å². The van der Waals surface area contributed by atoms with Crippen LogP contribution in [-0.4, -0.2) is 44.2 Å². The first-order chi connectivity index (χ1) is 13.2. The zero-order valence-electron chi connectivity index (χ0n) is 16.8. The summed E-state index contributed by atoms with van der Waals surface area (Å²) in [5, 5.41) is 13.7. The lowest BCUT2D eigenvalue weighted by Gasteiger charge is -2.43. The summed E-state index contributed by atoms with van der Waals surface area (Å²) in [5.41, 5.74) is 7.67. The van der Waals surface area contributed by atoms with E-state index in [2.05, 4.69) is 10.1 Å². The van der Waals surface area contributed by atoms with E-state index in [1.54, 1.807) is 11.0 Å². The third kappa shape index (κ3) is 4.20. The van der Waals surface area contributed by atoms with Crippen molar-refractivity contribution in [1.82, 2.24) is 15.0 Å². The van der Waals surface area contributed by atoms with Crippen LogP contribution in [0.4, 0.5) is 10.5 Å². The molecule has 1 aliphatic rings. The fourth-order valence-electron chi connectivity index (χ4n) is 3.89. The molecule has 0 aliphatic carbocycles. The summed E-state index contributed by atoms with van der Waals surface area (Å²) >= 11 is 0. The molecule has 0 bridgehead atoms. The number of hydrogen-bond acceptors (Lipinski definition) is 6. The van der Waals surface area contributed by atoms with Crippen LogP contribution in [0.3, 0.4) is 0 Å². The van der Waals surface area contributed by atoms with Crippen LogP contribution in [0, 0.1) is 0 Å². The van der Waals surface area contributed by atoms with Crippen LogP contribution in [0.2, 0.25) is 0 Å². The molecule has 9 nitrogen and oxygen atoms in total. The van der Waals surface area contributed by atoms with Gasteiger partial charge in [-0.3, -0.25) is 9.69 Å². The van der Waals surface area contributed by atoms with Crippen molar-refractivity contribution in [1.29, 1.82) is 0 Å². The van der Waals surface area contributed by atoms with Gasteiger partial charge >= 0.3 is 6.09 Å². The lowest BCUT2D eigenvalue weighted by Crippen LogP contribution is -2.48. The Morgan fingerprint density at radius 3 is 2.62 bits per heavy atom. The molecule has 0 fully saturated rings. The van der Waals surface area contributed by atoms with Crippen LogP contribution in [-0.2, 0) is 11.3 Å². The summed E-state index contributed by atoms with van der Waals surface area (Å²) in [6.07, 6.45) is -0.495. The molecule has 10 heteroatoms. The highest BCUT2D eigenvalue weighted by Crippen LogP contribution is 2.42. The van der Waals surface area contributed by atoms with Gasteiger partial charge in [0.25, 0.3) is 0 Å². The highest BCUT2D eigenvalue weighted by molar-refractivity contribution is 5.94. The van der Waals surface area contributed by atoms with Crippen LogP contribution in [0.1, 0.15) is 51.6 Å². The molecule has 1 aliphatic heterocycles. The van der Waals surface area contributed by atoms with Crippen LogP contribution in [0.15, 0.2) is 22.7 Å². The SMILES string of the molecule is CC(=O)N1c2ccc(-c3noc(CN)n3)cc2[C@H](N(C(=O)O)C(C)C)C[C@@H]1C.Cl. The largest absolute Gasteiger partial charge is 0.465 e. The molecule has 3 N–H and O–H groups in total. The van der Waals surface area contributed by atoms with Crippen molar-refractivity contribution < 1.29 is 19.2 Å². The normalized spacial score (nSPS) is 18.2. The molecule has 0 spiro atoms. The predicted octanol–water partition coefficient (Wildman–Crippen LogP) is 3.19. The Hall–Kier alpha value is -2.65. The van der Waals surface area contributed by atoms with E-state index in [-0.39, 0.29) is 43.0 Å². The minimum atomic E-state index is -0.996. The number of anilines is 1. The maximum absolute atomic E-state index is 12.3. The van der Waals surface area contributed by atoms with E-state index in [4.69, 9.17) is 10.3 Å². The van der Waals surface area contributed by atoms with Crippen LogP contribution < -0.4 is 10.6 Å². The fraction of sp³-hybridized carbons (Fsp3) is 0.474. The molecule has 1 aromatic carbocycles. The van der Waals surface area contributed by atoms with E-state index in [9.17, 15) is 14.7 Å². The summed E-state index contributed by atoms with van der Waals surface area (Å²) < 4.78 is 5.08. The molecule has 0 saturated heterocycles. The van der Waals surface area contributed by atoms with Crippen molar-refractivity contribution in [3.05, 3.63) is 29.7 Å². The lowest BCUT2D eigenvalue weighted by molar-refractivity contribution is -0.117. The predicted molar refractivity (Wildman–Crippen MR) is 110 cm³/mol. The second-order valence-corrected chi connectivity index (χ2v) is 7.26. The number of carbonyl (C=O) groups excluding carboxylic acids is 1. The van der Waals surface area contributed by atoms with E-state index in [1.807, 2.05) is 32.9 Å².